The van der Waals surface area contributed by atoms with Crippen molar-refractivity contribution in [2.24, 2.45) is 22.7 Å². The smallest absolute Gasteiger partial charge is 0.308 e. The van der Waals surface area contributed by atoms with Crippen LogP contribution < -0.4 is 0 Å². The Morgan fingerprint density at radius 1 is 1.16 bits per heavy atom. The minimum Gasteiger partial charge on any atom is -0.463 e. The van der Waals surface area contributed by atoms with Gasteiger partial charge in [-0.3, -0.25) is 4.79 Å². The number of esters is 1. The van der Waals surface area contributed by atoms with Gasteiger partial charge in [-0.2, -0.15) is 0 Å². The number of carbonyl (C=O) groups excluding carboxylic acids is 1. The van der Waals surface area contributed by atoms with Crippen molar-refractivity contribution in [3.63, 3.8) is 0 Å². The van der Waals surface area contributed by atoms with Crippen LogP contribution in [0.1, 0.15) is 65.7 Å². The van der Waals surface area contributed by atoms with Gasteiger partial charge in [0.1, 0.15) is 12.2 Å². The normalized spacial score (nSPS) is 55.6. The molecular formula is C20H32O5. The van der Waals surface area contributed by atoms with E-state index in [0.717, 1.165) is 32.1 Å². The third kappa shape index (κ3) is 2.15. The Bertz CT molecular complexity index is 578. The summed E-state index contributed by atoms with van der Waals surface area (Å²) >= 11 is 0. The highest BCUT2D eigenvalue weighted by molar-refractivity contribution is 5.73. The number of fused-ring (bicyclic) bond motifs is 2. The average molecular weight is 352 g/mol. The fourth-order valence-corrected chi connectivity index (χ4v) is 6.94. The zero-order valence-electron chi connectivity index (χ0n) is 15.7. The molecule has 0 radical (unpaired) electrons. The first-order valence-corrected chi connectivity index (χ1v) is 9.86. The van der Waals surface area contributed by atoms with Crippen LogP contribution in [0.15, 0.2) is 0 Å². The summed E-state index contributed by atoms with van der Waals surface area (Å²) in [4.78, 5) is 11.7. The third-order valence-electron chi connectivity index (χ3n) is 8.57. The minimum absolute atomic E-state index is 0.00558. The molecule has 2 N–H and O–H groups in total. The molecule has 0 amide bonds. The van der Waals surface area contributed by atoms with E-state index >= 15 is 0 Å². The Morgan fingerprint density at radius 2 is 1.92 bits per heavy atom. The largest absolute Gasteiger partial charge is 0.463 e. The molecule has 2 aliphatic carbocycles. The molecule has 2 aliphatic heterocycles. The lowest BCUT2D eigenvalue weighted by Crippen LogP contribution is -2.66. The van der Waals surface area contributed by atoms with Gasteiger partial charge >= 0.3 is 5.97 Å². The summed E-state index contributed by atoms with van der Waals surface area (Å²) in [6.45, 7) is 7.01. The number of cyclic esters (lactones) is 1. The third-order valence-corrected chi connectivity index (χ3v) is 8.57. The van der Waals surface area contributed by atoms with Crippen LogP contribution in [0, 0.1) is 22.7 Å². The lowest BCUT2D eigenvalue weighted by Gasteiger charge is -2.65. The summed E-state index contributed by atoms with van der Waals surface area (Å²) in [5.41, 5.74) is -1.33. The Morgan fingerprint density at radius 3 is 2.56 bits per heavy atom. The molecular weight excluding hydrogens is 320 g/mol. The molecule has 5 nitrogen and oxygen atoms in total. The highest BCUT2D eigenvalue weighted by Crippen LogP contribution is 2.68. The molecule has 0 bridgehead atoms. The van der Waals surface area contributed by atoms with Crippen molar-refractivity contribution in [1.29, 1.82) is 0 Å². The molecule has 4 fully saturated rings. The van der Waals surface area contributed by atoms with E-state index in [4.69, 9.17) is 9.47 Å². The number of hydrogen-bond acceptors (Lipinski definition) is 5. The maximum Gasteiger partial charge on any atom is 0.308 e. The summed E-state index contributed by atoms with van der Waals surface area (Å²) in [6, 6.07) is 0. The average Bonchev–Trinajstić information content (AvgIpc) is 3.14. The van der Waals surface area contributed by atoms with Crippen molar-refractivity contribution in [1.82, 2.24) is 0 Å². The van der Waals surface area contributed by atoms with E-state index in [1.807, 2.05) is 6.92 Å². The van der Waals surface area contributed by atoms with E-state index in [2.05, 4.69) is 13.8 Å². The SMILES string of the molecule is C[C@H]1CC[C@H]2C(C)(CO)C(O)CC[C@]2(C)[C@@]12CC[C@@]1(COC(=O)C1)O2. The van der Waals surface area contributed by atoms with Gasteiger partial charge in [0.15, 0.2) is 0 Å². The molecule has 2 saturated carbocycles. The quantitative estimate of drug-likeness (QED) is 0.709. The molecule has 2 unspecified atom stereocenters. The van der Waals surface area contributed by atoms with Crippen molar-refractivity contribution in [2.45, 2.75) is 83.0 Å². The first kappa shape index (κ1) is 17.7. The van der Waals surface area contributed by atoms with Crippen molar-refractivity contribution in [2.75, 3.05) is 13.2 Å². The Balaban J connectivity index is 1.74. The van der Waals surface area contributed by atoms with E-state index in [1.165, 1.54) is 0 Å². The molecule has 0 aromatic carbocycles. The molecule has 0 aromatic heterocycles. The molecule has 4 rings (SSSR count). The van der Waals surface area contributed by atoms with Gasteiger partial charge in [0.25, 0.3) is 0 Å². The van der Waals surface area contributed by atoms with Crippen LogP contribution in [0.5, 0.6) is 0 Å². The standard InChI is InChI=1S/C20H32O5/c1-13-4-5-14-17(2,11-21)15(22)6-7-18(14,3)20(13)9-8-19(25-20)10-16(23)24-12-19/h13-15,21-22H,4-12H2,1-3H3/t13-,14-,15?,17?,18-,19+,20+/m0/s1. The van der Waals surface area contributed by atoms with Crippen LogP contribution in [-0.4, -0.2) is 46.7 Å². The predicted octanol–water partition coefficient (Wildman–Crippen LogP) is 2.43. The molecule has 7 atom stereocenters. The van der Waals surface area contributed by atoms with E-state index < -0.39 is 17.1 Å². The maximum absolute atomic E-state index is 11.7. The number of rotatable bonds is 1. The van der Waals surface area contributed by atoms with Gasteiger partial charge in [0.2, 0.25) is 0 Å². The van der Waals surface area contributed by atoms with Crippen molar-refractivity contribution in [3.05, 3.63) is 0 Å². The van der Waals surface area contributed by atoms with E-state index in [9.17, 15) is 15.0 Å². The van der Waals surface area contributed by atoms with Crippen LogP contribution >= 0.6 is 0 Å². The molecule has 142 valence electrons. The highest BCUT2D eigenvalue weighted by atomic mass is 16.6. The van der Waals surface area contributed by atoms with Gasteiger partial charge in [-0.15, -0.1) is 0 Å². The van der Waals surface area contributed by atoms with Crippen LogP contribution in [0.25, 0.3) is 0 Å². The number of hydrogen-bond donors (Lipinski definition) is 2. The lowest BCUT2D eigenvalue weighted by atomic mass is 9.43. The van der Waals surface area contributed by atoms with Crippen molar-refractivity contribution >= 4 is 5.97 Å². The second-order valence-electron chi connectivity index (χ2n) is 9.68. The fraction of sp³-hybridized carbons (Fsp3) is 0.950. The number of aliphatic hydroxyl groups excluding tert-OH is 2. The predicted molar refractivity (Wildman–Crippen MR) is 91.8 cm³/mol. The van der Waals surface area contributed by atoms with E-state index in [-0.39, 0.29) is 29.5 Å². The van der Waals surface area contributed by atoms with Crippen LogP contribution in [0.2, 0.25) is 0 Å². The topological polar surface area (TPSA) is 76.0 Å². The maximum atomic E-state index is 11.7. The van der Waals surface area contributed by atoms with Gasteiger partial charge in [0.05, 0.1) is 24.7 Å². The van der Waals surface area contributed by atoms with Gasteiger partial charge in [0, 0.05) is 10.8 Å². The molecule has 25 heavy (non-hydrogen) atoms. The van der Waals surface area contributed by atoms with Gasteiger partial charge in [-0.1, -0.05) is 20.8 Å². The lowest BCUT2D eigenvalue weighted by molar-refractivity contribution is -0.266. The monoisotopic (exact) mass is 352 g/mol. The highest BCUT2D eigenvalue weighted by Gasteiger charge is 2.69. The first-order chi connectivity index (χ1) is 11.7. The number of carbonyl (C=O) groups is 1. The minimum atomic E-state index is -0.485. The number of ether oxygens (including phenoxy) is 2. The van der Waals surface area contributed by atoms with Gasteiger partial charge < -0.3 is 19.7 Å². The summed E-state index contributed by atoms with van der Waals surface area (Å²) in [5.74, 6) is 0.474. The Labute approximate surface area is 150 Å². The Hall–Kier alpha value is -0.650. The molecule has 0 aromatic rings. The molecule has 2 saturated heterocycles. The van der Waals surface area contributed by atoms with Crippen molar-refractivity contribution in [3.8, 4) is 0 Å². The molecule has 4 aliphatic rings. The van der Waals surface area contributed by atoms with Crippen LogP contribution in [0.3, 0.4) is 0 Å². The summed E-state index contributed by atoms with van der Waals surface area (Å²) in [7, 11) is 0. The molecule has 5 heteroatoms. The second-order valence-corrected chi connectivity index (χ2v) is 9.68. The first-order valence-electron chi connectivity index (χ1n) is 9.86. The van der Waals surface area contributed by atoms with Crippen molar-refractivity contribution < 1.29 is 24.5 Å². The van der Waals surface area contributed by atoms with Gasteiger partial charge in [-0.05, 0) is 50.4 Å². The number of aliphatic hydroxyl groups is 2. The zero-order chi connectivity index (χ0) is 18.1. The van der Waals surface area contributed by atoms with E-state index in [0.29, 0.717) is 25.4 Å². The zero-order valence-corrected chi connectivity index (χ0v) is 15.7. The summed E-state index contributed by atoms with van der Waals surface area (Å²) < 4.78 is 12.1. The van der Waals surface area contributed by atoms with Gasteiger partial charge in [-0.25, -0.2) is 0 Å². The van der Waals surface area contributed by atoms with E-state index in [1.54, 1.807) is 0 Å². The fourth-order valence-electron chi connectivity index (χ4n) is 6.94. The Kier molecular flexibility index (Phi) is 3.85. The summed E-state index contributed by atoms with van der Waals surface area (Å²) in [6.07, 6.45) is 5.36. The van der Waals surface area contributed by atoms with Crippen LogP contribution in [-0.2, 0) is 14.3 Å². The van der Waals surface area contributed by atoms with Crippen LogP contribution in [0.4, 0.5) is 0 Å². The summed E-state index contributed by atoms with van der Waals surface area (Å²) in [5, 5.41) is 20.8. The molecule has 2 heterocycles. The molecule has 2 spiro atoms. The second kappa shape index (κ2) is 5.43.